The summed E-state index contributed by atoms with van der Waals surface area (Å²) < 4.78 is 5.26. The predicted octanol–water partition coefficient (Wildman–Crippen LogP) is 2.57. The van der Waals surface area contributed by atoms with E-state index in [0.29, 0.717) is 16.3 Å². The number of nitrogens with one attached hydrogen (secondary N) is 1. The second-order valence-electron chi connectivity index (χ2n) is 4.46. The van der Waals surface area contributed by atoms with Crippen molar-refractivity contribution in [2.75, 3.05) is 6.61 Å². The Bertz CT molecular complexity index is 712. The molecule has 0 saturated heterocycles. The van der Waals surface area contributed by atoms with E-state index in [0.717, 1.165) is 0 Å². The van der Waals surface area contributed by atoms with Crippen molar-refractivity contribution >= 4 is 29.7 Å². The Kier molecular flexibility index (Phi) is 5.71. The maximum Gasteiger partial charge on any atom is 0.335 e. The fraction of sp³-hybridized carbons (Fsp3) is 0.0625. The molecule has 0 aromatic heterocycles. The van der Waals surface area contributed by atoms with E-state index >= 15 is 0 Å². The number of ether oxygens (including phenoxy) is 1. The van der Waals surface area contributed by atoms with Crippen LogP contribution in [0.1, 0.15) is 15.9 Å². The number of hydrogen-bond acceptors (Lipinski definition) is 4. The second kappa shape index (κ2) is 7.95. The minimum absolute atomic E-state index is 0.183. The van der Waals surface area contributed by atoms with Crippen molar-refractivity contribution < 1.29 is 19.4 Å². The van der Waals surface area contributed by atoms with E-state index in [1.165, 1.54) is 18.3 Å². The molecule has 7 heteroatoms. The summed E-state index contributed by atoms with van der Waals surface area (Å²) in [4.78, 5) is 22.3. The van der Waals surface area contributed by atoms with Crippen LogP contribution in [0.2, 0.25) is 5.02 Å². The number of halogens is 1. The number of carboxylic acids is 1. The number of hydrogen-bond donors (Lipinski definition) is 2. The van der Waals surface area contributed by atoms with Crippen molar-refractivity contribution in [1.82, 2.24) is 5.43 Å². The van der Waals surface area contributed by atoms with E-state index in [2.05, 4.69) is 10.5 Å². The predicted molar refractivity (Wildman–Crippen MR) is 86.1 cm³/mol. The first-order valence-electron chi connectivity index (χ1n) is 6.58. The molecule has 2 N–H and O–H groups in total. The van der Waals surface area contributed by atoms with Gasteiger partial charge in [0.05, 0.1) is 11.8 Å². The van der Waals surface area contributed by atoms with Crippen molar-refractivity contribution in [3.63, 3.8) is 0 Å². The molecule has 0 radical (unpaired) electrons. The standard InChI is InChI=1S/C16H13ClN2O4/c17-13-5-7-14(8-6-13)23-10-15(20)19-18-9-11-1-3-12(4-2-11)16(21)22/h1-9H,10H2,(H,19,20)(H,21,22). The lowest BCUT2D eigenvalue weighted by atomic mass is 10.1. The lowest BCUT2D eigenvalue weighted by molar-refractivity contribution is -0.123. The Morgan fingerprint density at radius 2 is 1.78 bits per heavy atom. The quantitative estimate of drug-likeness (QED) is 0.628. The topological polar surface area (TPSA) is 88.0 Å². The Balaban J connectivity index is 1.79. The molecule has 0 aliphatic rings. The molecule has 2 aromatic carbocycles. The summed E-state index contributed by atoms with van der Waals surface area (Å²) in [5.41, 5.74) is 3.16. The molecule has 23 heavy (non-hydrogen) atoms. The summed E-state index contributed by atoms with van der Waals surface area (Å²) in [7, 11) is 0. The highest BCUT2D eigenvalue weighted by Crippen LogP contribution is 2.15. The Hall–Kier alpha value is -2.86. The summed E-state index contributed by atoms with van der Waals surface area (Å²) in [5, 5.41) is 13.1. The third-order valence-electron chi connectivity index (χ3n) is 2.74. The van der Waals surface area contributed by atoms with Crippen LogP contribution in [0.3, 0.4) is 0 Å². The second-order valence-corrected chi connectivity index (χ2v) is 4.90. The van der Waals surface area contributed by atoms with Crippen molar-refractivity contribution in [1.29, 1.82) is 0 Å². The number of benzene rings is 2. The molecule has 0 saturated carbocycles. The highest BCUT2D eigenvalue weighted by Gasteiger charge is 2.02. The SMILES string of the molecule is O=C(COc1ccc(Cl)cc1)NN=Cc1ccc(C(=O)O)cc1. The first-order valence-corrected chi connectivity index (χ1v) is 6.96. The van der Waals surface area contributed by atoms with Crippen LogP contribution >= 0.6 is 11.6 Å². The summed E-state index contributed by atoms with van der Waals surface area (Å²) in [5.74, 6) is -0.891. The number of aromatic carboxylic acids is 1. The molecular weight excluding hydrogens is 320 g/mol. The van der Waals surface area contributed by atoms with Gasteiger partial charge in [0, 0.05) is 5.02 Å². The zero-order chi connectivity index (χ0) is 16.7. The van der Waals surface area contributed by atoms with Gasteiger partial charge in [0.1, 0.15) is 5.75 Å². The third-order valence-corrected chi connectivity index (χ3v) is 3.00. The van der Waals surface area contributed by atoms with Crippen LogP contribution < -0.4 is 10.2 Å². The average Bonchev–Trinajstić information content (AvgIpc) is 2.55. The van der Waals surface area contributed by atoms with Gasteiger partial charge < -0.3 is 9.84 Å². The molecule has 0 unspecified atom stereocenters. The molecule has 1 amide bonds. The summed E-state index contributed by atoms with van der Waals surface area (Å²) in [6.07, 6.45) is 1.41. The molecule has 0 atom stereocenters. The van der Waals surface area contributed by atoms with Crippen molar-refractivity contribution in [2.24, 2.45) is 5.10 Å². The molecule has 0 fully saturated rings. The molecule has 0 bridgehead atoms. The largest absolute Gasteiger partial charge is 0.484 e. The van der Waals surface area contributed by atoms with Crippen molar-refractivity contribution in [2.45, 2.75) is 0 Å². The fourth-order valence-electron chi connectivity index (χ4n) is 1.60. The first-order chi connectivity index (χ1) is 11.0. The monoisotopic (exact) mass is 332 g/mol. The first kappa shape index (κ1) is 16.5. The highest BCUT2D eigenvalue weighted by molar-refractivity contribution is 6.30. The van der Waals surface area contributed by atoms with Gasteiger partial charge in [-0.3, -0.25) is 4.79 Å². The number of carbonyl (C=O) groups is 2. The molecule has 2 rings (SSSR count). The van der Waals surface area contributed by atoms with Gasteiger partial charge in [-0.15, -0.1) is 0 Å². The van der Waals surface area contributed by atoms with Crippen molar-refractivity contribution in [3.05, 3.63) is 64.7 Å². The van der Waals surface area contributed by atoms with Crippen LogP contribution in [0.25, 0.3) is 0 Å². The van der Waals surface area contributed by atoms with Crippen LogP contribution in [0.5, 0.6) is 5.75 Å². The summed E-state index contributed by atoms with van der Waals surface area (Å²) in [6, 6.07) is 12.7. The van der Waals surface area contributed by atoms with Crippen molar-refractivity contribution in [3.8, 4) is 5.75 Å². The lowest BCUT2D eigenvalue weighted by Gasteiger charge is -2.04. The minimum atomic E-state index is -0.999. The third kappa shape index (κ3) is 5.44. The fourth-order valence-corrected chi connectivity index (χ4v) is 1.73. The molecular formula is C16H13ClN2O4. The van der Waals surface area contributed by atoms with Gasteiger partial charge in [-0.2, -0.15) is 5.10 Å². The number of nitrogens with zero attached hydrogens (tertiary/aromatic N) is 1. The van der Waals surface area contributed by atoms with Crippen LogP contribution in [0.4, 0.5) is 0 Å². The molecule has 118 valence electrons. The van der Waals surface area contributed by atoms with E-state index < -0.39 is 11.9 Å². The Labute approximate surface area is 137 Å². The summed E-state index contributed by atoms with van der Waals surface area (Å²) >= 11 is 5.74. The number of carboxylic acid groups (broad SMARTS) is 1. The van der Waals surface area contributed by atoms with E-state index in [1.807, 2.05) is 0 Å². The van der Waals surface area contributed by atoms with Gasteiger partial charge in [-0.25, -0.2) is 10.2 Å². The Morgan fingerprint density at radius 1 is 1.13 bits per heavy atom. The van der Waals surface area contributed by atoms with Crippen LogP contribution in [0.15, 0.2) is 53.6 Å². The van der Waals surface area contributed by atoms with Gasteiger partial charge in [0.25, 0.3) is 5.91 Å². The van der Waals surface area contributed by atoms with E-state index in [4.69, 9.17) is 21.4 Å². The maximum atomic E-state index is 11.6. The molecule has 0 aliphatic carbocycles. The number of carbonyl (C=O) groups excluding carboxylic acids is 1. The number of amides is 1. The average molecular weight is 333 g/mol. The zero-order valence-electron chi connectivity index (χ0n) is 11.9. The molecule has 6 nitrogen and oxygen atoms in total. The van der Waals surface area contributed by atoms with E-state index in [9.17, 15) is 9.59 Å². The van der Waals surface area contributed by atoms with E-state index in [-0.39, 0.29) is 12.2 Å². The normalized spacial score (nSPS) is 10.5. The highest BCUT2D eigenvalue weighted by atomic mass is 35.5. The number of hydrazone groups is 1. The lowest BCUT2D eigenvalue weighted by Crippen LogP contribution is -2.24. The minimum Gasteiger partial charge on any atom is -0.484 e. The molecule has 0 aliphatic heterocycles. The molecule has 2 aromatic rings. The van der Waals surface area contributed by atoms with Gasteiger partial charge >= 0.3 is 5.97 Å². The van der Waals surface area contributed by atoms with Crippen LogP contribution in [0, 0.1) is 0 Å². The van der Waals surface area contributed by atoms with Gasteiger partial charge in [-0.1, -0.05) is 23.7 Å². The van der Waals surface area contributed by atoms with Gasteiger partial charge in [0.2, 0.25) is 0 Å². The molecule has 0 spiro atoms. The van der Waals surface area contributed by atoms with Gasteiger partial charge in [-0.05, 0) is 42.0 Å². The zero-order valence-corrected chi connectivity index (χ0v) is 12.7. The number of rotatable bonds is 6. The Morgan fingerprint density at radius 3 is 2.39 bits per heavy atom. The van der Waals surface area contributed by atoms with Crippen LogP contribution in [-0.4, -0.2) is 29.8 Å². The smallest absolute Gasteiger partial charge is 0.335 e. The maximum absolute atomic E-state index is 11.6. The summed E-state index contributed by atoms with van der Waals surface area (Å²) in [6.45, 7) is -0.184. The van der Waals surface area contributed by atoms with Gasteiger partial charge in [0.15, 0.2) is 6.61 Å². The van der Waals surface area contributed by atoms with E-state index in [1.54, 1.807) is 36.4 Å². The molecule has 0 heterocycles. The van der Waals surface area contributed by atoms with Crippen LogP contribution in [-0.2, 0) is 4.79 Å².